The molecule has 1 aliphatic carbocycles. The second kappa shape index (κ2) is 9.31. The lowest BCUT2D eigenvalue weighted by Gasteiger charge is -2.35. The number of hydrogen-bond acceptors (Lipinski definition) is 3. The van der Waals surface area contributed by atoms with Gasteiger partial charge in [-0.05, 0) is 36.6 Å². The van der Waals surface area contributed by atoms with Gasteiger partial charge in [0, 0.05) is 29.7 Å². The zero-order chi connectivity index (χ0) is 21.8. The molecule has 1 saturated carbocycles. The van der Waals surface area contributed by atoms with Gasteiger partial charge < -0.3 is 4.90 Å². The molecule has 0 saturated heterocycles. The summed E-state index contributed by atoms with van der Waals surface area (Å²) in [4.78, 5) is 25.5. The van der Waals surface area contributed by atoms with Gasteiger partial charge in [-0.25, -0.2) is 9.97 Å². The number of carbonyl (C=O) groups is 1. The molecular formula is C28H27N3O. The van der Waals surface area contributed by atoms with Crippen LogP contribution in [0.3, 0.4) is 0 Å². The highest BCUT2D eigenvalue weighted by Crippen LogP contribution is 2.29. The maximum atomic E-state index is 14.1. The normalized spacial score (nSPS) is 14.4. The molecule has 32 heavy (non-hydrogen) atoms. The maximum Gasteiger partial charge on any atom is 0.255 e. The standard InChI is InChI=1S/C28H27N3O/c32-28(31(23-15-8-3-9-16-23)20-21-11-4-1-5-12-21)25-19-26(22-13-6-2-7-14-22)30-27-24(25)17-10-18-29-27/h1-2,4-7,10-14,17-19,23H,3,8-9,15-16,20H2. The van der Waals surface area contributed by atoms with Crippen LogP contribution in [0.4, 0.5) is 0 Å². The smallest absolute Gasteiger partial charge is 0.255 e. The molecule has 0 aliphatic heterocycles. The fourth-order valence-corrected chi connectivity index (χ4v) is 4.69. The SMILES string of the molecule is O=C(c1cc(-c2ccccc2)nc2ncccc12)N(Cc1ccccc1)C1CCCCC1. The van der Waals surface area contributed by atoms with Crippen LogP contribution in [0.1, 0.15) is 48.0 Å². The zero-order valence-corrected chi connectivity index (χ0v) is 18.2. The topological polar surface area (TPSA) is 46.1 Å². The minimum absolute atomic E-state index is 0.0679. The van der Waals surface area contributed by atoms with Crippen molar-refractivity contribution in [3.63, 3.8) is 0 Å². The van der Waals surface area contributed by atoms with E-state index in [1.165, 1.54) is 19.3 Å². The Balaban J connectivity index is 1.60. The van der Waals surface area contributed by atoms with Crippen LogP contribution >= 0.6 is 0 Å². The summed E-state index contributed by atoms with van der Waals surface area (Å²) in [6.07, 6.45) is 7.47. The summed E-state index contributed by atoms with van der Waals surface area (Å²) >= 11 is 0. The van der Waals surface area contributed by atoms with E-state index >= 15 is 0 Å². The highest BCUT2D eigenvalue weighted by Gasteiger charge is 2.28. The fourth-order valence-electron chi connectivity index (χ4n) is 4.69. The average molecular weight is 422 g/mol. The molecule has 4 heteroatoms. The number of carbonyl (C=O) groups excluding carboxylic acids is 1. The summed E-state index contributed by atoms with van der Waals surface area (Å²) in [5.41, 5.74) is 4.22. The number of rotatable bonds is 5. The molecule has 2 aromatic heterocycles. The van der Waals surface area contributed by atoms with Crippen LogP contribution in [-0.2, 0) is 6.54 Å². The molecule has 4 aromatic rings. The maximum absolute atomic E-state index is 14.1. The Bertz CT molecular complexity index is 1200. The van der Waals surface area contributed by atoms with E-state index < -0.39 is 0 Å². The molecule has 5 rings (SSSR count). The molecule has 1 amide bonds. The van der Waals surface area contributed by atoms with Gasteiger partial charge in [0.05, 0.1) is 11.3 Å². The first kappa shape index (κ1) is 20.4. The minimum atomic E-state index is 0.0679. The predicted molar refractivity (Wildman–Crippen MR) is 128 cm³/mol. The highest BCUT2D eigenvalue weighted by atomic mass is 16.2. The highest BCUT2D eigenvalue weighted by molar-refractivity contribution is 6.06. The molecule has 0 N–H and O–H groups in total. The van der Waals surface area contributed by atoms with E-state index in [0.29, 0.717) is 17.8 Å². The molecule has 0 atom stereocenters. The van der Waals surface area contributed by atoms with Crippen molar-refractivity contribution in [2.75, 3.05) is 0 Å². The first-order valence-electron chi connectivity index (χ1n) is 11.5. The average Bonchev–Trinajstić information content (AvgIpc) is 2.88. The van der Waals surface area contributed by atoms with E-state index in [1.54, 1.807) is 6.20 Å². The van der Waals surface area contributed by atoms with E-state index in [0.717, 1.165) is 35.0 Å². The van der Waals surface area contributed by atoms with Gasteiger partial charge in [-0.3, -0.25) is 4.79 Å². The quantitative estimate of drug-likeness (QED) is 0.381. The van der Waals surface area contributed by atoms with E-state index in [2.05, 4.69) is 22.0 Å². The lowest BCUT2D eigenvalue weighted by atomic mass is 9.93. The Labute approximate surface area is 189 Å². The predicted octanol–water partition coefficient (Wildman–Crippen LogP) is 6.27. The van der Waals surface area contributed by atoms with Gasteiger partial charge in [-0.1, -0.05) is 79.9 Å². The summed E-state index contributed by atoms with van der Waals surface area (Å²) in [6, 6.07) is 26.4. The van der Waals surface area contributed by atoms with Gasteiger partial charge in [0.15, 0.2) is 5.65 Å². The summed E-state index contributed by atoms with van der Waals surface area (Å²) < 4.78 is 0. The van der Waals surface area contributed by atoms with Crippen molar-refractivity contribution in [1.29, 1.82) is 0 Å². The molecular weight excluding hydrogens is 394 g/mol. The third kappa shape index (κ3) is 4.26. The molecule has 4 nitrogen and oxygen atoms in total. The second-order valence-electron chi connectivity index (χ2n) is 8.51. The summed E-state index contributed by atoms with van der Waals surface area (Å²) in [5.74, 6) is 0.0679. The molecule has 0 unspecified atom stereocenters. The van der Waals surface area contributed by atoms with Gasteiger partial charge in [0.1, 0.15) is 0 Å². The van der Waals surface area contributed by atoms with Gasteiger partial charge >= 0.3 is 0 Å². The molecule has 1 aliphatic rings. The molecule has 2 heterocycles. The number of amides is 1. The van der Waals surface area contributed by atoms with Crippen LogP contribution in [0, 0.1) is 0 Å². The van der Waals surface area contributed by atoms with Crippen molar-refractivity contribution in [3.8, 4) is 11.3 Å². The lowest BCUT2D eigenvalue weighted by Crippen LogP contribution is -2.41. The van der Waals surface area contributed by atoms with Gasteiger partial charge in [-0.2, -0.15) is 0 Å². The molecule has 0 spiro atoms. The Morgan fingerprint density at radius 3 is 2.34 bits per heavy atom. The van der Waals surface area contributed by atoms with Crippen LogP contribution in [-0.4, -0.2) is 26.8 Å². The summed E-state index contributed by atoms with van der Waals surface area (Å²) in [6.45, 7) is 0.620. The Hall–Kier alpha value is -3.53. The van der Waals surface area contributed by atoms with Crippen LogP contribution < -0.4 is 0 Å². The van der Waals surface area contributed by atoms with Gasteiger partial charge in [0.2, 0.25) is 0 Å². The minimum Gasteiger partial charge on any atom is -0.331 e. The van der Waals surface area contributed by atoms with Gasteiger partial charge in [0.25, 0.3) is 5.91 Å². The number of hydrogen-bond donors (Lipinski definition) is 0. The van der Waals surface area contributed by atoms with E-state index in [4.69, 9.17) is 4.98 Å². The lowest BCUT2D eigenvalue weighted by molar-refractivity contribution is 0.0616. The van der Waals surface area contributed by atoms with Crippen molar-refractivity contribution >= 4 is 16.9 Å². The third-order valence-electron chi connectivity index (χ3n) is 6.36. The third-order valence-corrected chi connectivity index (χ3v) is 6.36. The van der Waals surface area contributed by atoms with Crippen LogP contribution in [0.15, 0.2) is 85.1 Å². The van der Waals surface area contributed by atoms with Gasteiger partial charge in [-0.15, -0.1) is 0 Å². The van der Waals surface area contributed by atoms with E-state index in [1.807, 2.05) is 66.7 Å². The molecule has 0 radical (unpaired) electrons. The first-order chi connectivity index (χ1) is 15.8. The molecule has 2 aromatic carbocycles. The van der Waals surface area contributed by atoms with Crippen molar-refractivity contribution in [3.05, 3.63) is 96.2 Å². The molecule has 0 bridgehead atoms. The van der Waals surface area contributed by atoms with E-state index in [-0.39, 0.29) is 11.9 Å². The van der Waals surface area contributed by atoms with Crippen LogP contribution in [0.2, 0.25) is 0 Å². The number of nitrogens with zero attached hydrogens (tertiary/aromatic N) is 3. The summed E-state index contributed by atoms with van der Waals surface area (Å²) in [7, 11) is 0. The second-order valence-corrected chi connectivity index (χ2v) is 8.51. The Morgan fingerprint density at radius 2 is 1.59 bits per heavy atom. The van der Waals surface area contributed by atoms with E-state index in [9.17, 15) is 4.79 Å². The van der Waals surface area contributed by atoms with Crippen molar-refractivity contribution in [2.24, 2.45) is 0 Å². The molecule has 160 valence electrons. The number of pyridine rings is 2. The first-order valence-corrected chi connectivity index (χ1v) is 11.5. The fraction of sp³-hybridized carbons (Fsp3) is 0.250. The largest absolute Gasteiger partial charge is 0.331 e. The monoisotopic (exact) mass is 421 g/mol. The van der Waals surface area contributed by atoms with Crippen LogP contribution in [0.5, 0.6) is 0 Å². The number of aromatic nitrogens is 2. The van der Waals surface area contributed by atoms with Crippen molar-refractivity contribution < 1.29 is 4.79 Å². The Morgan fingerprint density at radius 1 is 0.875 bits per heavy atom. The number of fused-ring (bicyclic) bond motifs is 1. The summed E-state index contributed by atoms with van der Waals surface area (Å²) in [5, 5.41) is 0.811. The van der Waals surface area contributed by atoms with Crippen LogP contribution in [0.25, 0.3) is 22.3 Å². The zero-order valence-electron chi connectivity index (χ0n) is 18.2. The molecule has 1 fully saturated rings. The van der Waals surface area contributed by atoms with Crippen molar-refractivity contribution in [1.82, 2.24) is 14.9 Å². The van der Waals surface area contributed by atoms with Crippen molar-refractivity contribution in [2.45, 2.75) is 44.7 Å². The number of benzene rings is 2. The Kier molecular flexibility index (Phi) is 5.93.